The monoisotopic (exact) mass is 279 g/mol. The number of aromatic nitrogens is 1. The van der Waals surface area contributed by atoms with E-state index in [0.717, 1.165) is 0 Å². The van der Waals surface area contributed by atoms with Crippen molar-refractivity contribution in [3.05, 3.63) is 39.8 Å². The molecule has 0 spiro atoms. The van der Waals surface area contributed by atoms with Gasteiger partial charge in [0.1, 0.15) is 5.57 Å². The van der Waals surface area contributed by atoms with Crippen LogP contribution in [0.4, 0.5) is 5.69 Å². The number of pyridine rings is 1. The summed E-state index contributed by atoms with van der Waals surface area (Å²) < 4.78 is 4.93. The van der Waals surface area contributed by atoms with Crippen molar-refractivity contribution in [1.29, 1.82) is 0 Å². The van der Waals surface area contributed by atoms with Crippen LogP contribution < -0.4 is 0 Å². The number of hydrogen-bond acceptors (Lipinski definition) is 6. The molecule has 0 aliphatic carbocycles. The molecule has 0 saturated carbocycles. The van der Waals surface area contributed by atoms with Crippen molar-refractivity contribution in [2.24, 2.45) is 0 Å². The van der Waals surface area contributed by atoms with Crippen LogP contribution in [-0.2, 0) is 9.53 Å². The Balaban J connectivity index is 3.42. The highest BCUT2D eigenvalue weighted by molar-refractivity contribution is 6.16. The fraction of sp³-hybridized carbons (Fsp3) is 0.385. The molecule has 0 aliphatic rings. The normalized spacial score (nSPS) is 11.1. The largest absolute Gasteiger partial charge is 0.462 e. The zero-order chi connectivity index (χ0) is 15.3. The summed E-state index contributed by atoms with van der Waals surface area (Å²) in [6.07, 6.45) is 2.94. The molecule has 7 heteroatoms. The number of aryl methyl sites for hydroxylation is 1. The third-order valence-electron chi connectivity index (χ3n) is 2.34. The van der Waals surface area contributed by atoms with Crippen molar-refractivity contribution in [2.45, 2.75) is 13.8 Å². The predicted molar refractivity (Wildman–Crippen MR) is 73.9 cm³/mol. The maximum Gasteiger partial charge on any atom is 0.342 e. The minimum Gasteiger partial charge on any atom is -0.462 e. The van der Waals surface area contributed by atoms with Gasteiger partial charge in [0.05, 0.1) is 11.5 Å². The molecule has 0 radical (unpaired) electrons. The quantitative estimate of drug-likeness (QED) is 0.353. The Morgan fingerprint density at radius 2 is 2.20 bits per heavy atom. The van der Waals surface area contributed by atoms with Crippen LogP contribution in [0, 0.1) is 17.0 Å². The van der Waals surface area contributed by atoms with Gasteiger partial charge in [-0.3, -0.25) is 10.1 Å². The summed E-state index contributed by atoms with van der Waals surface area (Å²) in [5.74, 6) is -0.638. The number of carbonyl (C=O) groups excluding carboxylic acids is 1. The van der Waals surface area contributed by atoms with Crippen LogP contribution in [-0.4, -0.2) is 41.5 Å². The highest BCUT2D eigenvalue weighted by Crippen LogP contribution is 2.26. The zero-order valence-corrected chi connectivity index (χ0v) is 11.9. The van der Waals surface area contributed by atoms with Gasteiger partial charge in [-0.15, -0.1) is 0 Å². The van der Waals surface area contributed by atoms with E-state index in [1.807, 2.05) is 0 Å². The van der Waals surface area contributed by atoms with Crippen molar-refractivity contribution >= 4 is 17.2 Å². The number of nitro groups is 1. The first-order chi connectivity index (χ1) is 9.36. The molecular formula is C13H17N3O4. The van der Waals surface area contributed by atoms with E-state index in [9.17, 15) is 14.9 Å². The van der Waals surface area contributed by atoms with Gasteiger partial charge in [0.25, 0.3) is 5.69 Å². The van der Waals surface area contributed by atoms with Crippen molar-refractivity contribution < 1.29 is 14.5 Å². The topological polar surface area (TPSA) is 85.6 Å². The molecule has 1 aromatic rings. The van der Waals surface area contributed by atoms with Gasteiger partial charge in [-0.05, 0) is 19.4 Å². The summed E-state index contributed by atoms with van der Waals surface area (Å²) >= 11 is 0. The molecule has 0 amide bonds. The second-order valence-corrected chi connectivity index (χ2v) is 4.36. The van der Waals surface area contributed by atoms with Crippen LogP contribution in [0.3, 0.4) is 0 Å². The smallest absolute Gasteiger partial charge is 0.342 e. The lowest BCUT2D eigenvalue weighted by molar-refractivity contribution is -0.385. The molecule has 0 unspecified atom stereocenters. The van der Waals surface area contributed by atoms with Gasteiger partial charge in [0.2, 0.25) is 0 Å². The first-order valence-electron chi connectivity index (χ1n) is 6.03. The number of carbonyl (C=O) groups is 1. The molecular weight excluding hydrogens is 262 g/mol. The van der Waals surface area contributed by atoms with E-state index in [1.165, 1.54) is 18.5 Å². The first-order valence-corrected chi connectivity index (χ1v) is 6.03. The summed E-state index contributed by atoms with van der Waals surface area (Å²) in [7, 11) is 3.42. The Hall–Kier alpha value is -2.44. The molecule has 0 aromatic carbocycles. The minimum atomic E-state index is -0.638. The second kappa shape index (κ2) is 6.65. The summed E-state index contributed by atoms with van der Waals surface area (Å²) in [5.41, 5.74) is 0.496. The lowest BCUT2D eigenvalue weighted by atomic mass is 10.1. The Kier molecular flexibility index (Phi) is 5.19. The average Bonchev–Trinajstić information content (AvgIpc) is 2.36. The van der Waals surface area contributed by atoms with Crippen LogP contribution in [0.1, 0.15) is 18.2 Å². The van der Waals surface area contributed by atoms with E-state index >= 15 is 0 Å². The van der Waals surface area contributed by atoms with Gasteiger partial charge in [0.15, 0.2) is 5.69 Å². The molecule has 0 saturated heterocycles. The third kappa shape index (κ3) is 3.78. The SMILES string of the molecule is CCOC(=O)/C(=C/N(C)C)c1ncc(C)cc1[N+](=O)[O-]. The Labute approximate surface area is 117 Å². The third-order valence-corrected chi connectivity index (χ3v) is 2.34. The molecule has 20 heavy (non-hydrogen) atoms. The average molecular weight is 279 g/mol. The lowest BCUT2D eigenvalue weighted by Crippen LogP contribution is -2.14. The van der Waals surface area contributed by atoms with Gasteiger partial charge in [-0.25, -0.2) is 9.78 Å². The highest BCUT2D eigenvalue weighted by atomic mass is 16.6. The van der Waals surface area contributed by atoms with Crippen LogP contribution in [0.25, 0.3) is 5.57 Å². The Morgan fingerprint density at radius 1 is 1.55 bits per heavy atom. The van der Waals surface area contributed by atoms with Crippen LogP contribution in [0.5, 0.6) is 0 Å². The van der Waals surface area contributed by atoms with E-state index < -0.39 is 10.9 Å². The predicted octanol–water partition coefficient (Wildman–Crippen LogP) is 1.76. The second-order valence-electron chi connectivity index (χ2n) is 4.36. The van der Waals surface area contributed by atoms with Crippen LogP contribution in [0.2, 0.25) is 0 Å². The number of rotatable bonds is 5. The van der Waals surface area contributed by atoms with Crippen LogP contribution in [0.15, 0.2) is 18.5 Å². The van der Waals surface area contributed by atoms with E-state index in [2.05, 4.69) is 4.98 Å². The molecule has 0 bridgehead atoms. The lowest BCUT2D eigenvalue weighted by Gasteiger charge is -2.11. The fourth-order valence-electron chi connectivity index (χ4n) is 1.58. The molecule has 1 aromatic heterocycles. The number of ether oxygens (including phenoxy) is 1. The van der Waals surface area contributed by atoms with Gasteiger partial charge in [-0.2, -0.15) is 0 Å². The maximum absolute atomic E-state index is 12.0. The number of hydrogen-bond donors (Lipinski definition) is 0. The van der Waals surface area contributed by atoms with Crippen molar-refractivity contribution in [1.82, 2.24) is 9.88 Å². The van der Waals surface area contributed by atoms with Crippen LogP contribution >= 0.6 is 0 Å². The molecule has 1 heterocycles. The summed E-state index contributed by atoms with van der Waals surface area (Å²) in [4.78, 5) is 28.1. The molecule has 0 N–H and O–H groups in total. The van der Waals surface area contributed by atoms with E-state index in [0.29, 0.717) is 5.56 Å². The Bertz CT molecular complexity index is 553. The van der Waals surface area contributed by atoms with Crippen molar-refractivity contribution in [3.63, 3.8) is 0 Å². The van der Waals surface area contributed by atoms with Crippen molar-refractivity contribution in [3.8, 4) is 0 Å². The highest BCUT2D eigenvalue weighted by Gasteiger charge is 2.25. The minimum absolute atomic E-state index is 0.00718. The first kappa shape index (κ1) is 15.6. The van der Waals surface area contributed by atoms with Crippen molar-refractivity contribution in [2.75, 3.05) is 20.7 Å². The standard InChI is InChI=1S/C13H17N3O4/c1-5-20-13(17)10(8-15(3)4)12-11(16(18)19)6-9(2)7-14-12/h6-8H,5H2,1-4H3/b10-8+. The molecule has 0 atom stereocenters. The molecule has 108 valence electrons. The Morgan fingerprint density at radius 3 is 2.70 bits per heavy atom. The van der Waals surface area contributed by atoms with Gasteiger partial charge in [-0.1, -0.05) is 0 Å². The number of nitrogens with zero attached hydrogens (tertiary/aromatic N) is 3. The van der Waals surface area contributed by atoms with E-state index in [4.69, 9.17) is 4.74 Å². The number of esters is 1. The summed E-state index contributed by atoms with van der Waals surface area (Å²) in [6, 6.07) is 1.38. The van der Waals surface area contributed by atoms with E-state index in [1.54, 1.807) is 32.8 Å². The fourth-order valence-corrected chi connectivity index (χ4v) is 1.58. The summed E-state index contributed by atoms with van der Waals surface area (Å²) in [5, 5.41) is 11.1. The summed E-state index contributed by atoms with van der Waals surface area (Å²) in [6.45, 7) is 3.55. The van der Waals surface area contributed by atoms with Gasteiger partial charge >= 0.3 is 5.97 Å². The van der Waals surface area contributed by atoms with E-state index in [-0.39, 0.29) is 23.6 Å². The van der Waals surface area contributed by atoms with Gasteiger partial charge in [0, 0.05) is 32.6 Å². The molecule has 0 fully saturated rings. The molecule has 0 aliphatic heterocycles. The van der Waals surface area contributed by atoms with Gasteiger partial charge < -0.3 is 9.64 Å². The molecule has 7 nitrogen and oxygen atoms in total. The molecule has 1 rings (SSSR count). The maximum atomic E-state index is 12.0. The zero-order valence-electron chi connectivity index (χ0n) is 11.9.